The van der Waals surface area contributed by atoms with Crippen molar-refractivity contribution in [3.63, 3.8) is 0 Å². The lowest BCUT2D eigenvalue weighted by molar-refractivity contribution is 0.397. The highest BCUT2D eigenvalue weighted by molar-refractivity contribution is 9.10. The lowest BCUT2D eigenvalue weighted by Crippen LogP contribution is -2.32. The van der Waals surface area contributed by atoms with Gasteiger partial charge in [0.1, 0.15) is 5.75 Å². The van der Waals surface area contributed by atoms with Crippen LogP contribution in [-0.4, -0.2) is 25.9 Å². The zero-order valence-corrected chi connectivity index (χ0v) is 16.1. The Morgan fingerprint density at radius 1 is 1.17 bits per heavy atom. The number of hydrogen-bond donors (Lipinski definition) is 0. The van der Waals surface area contributed by atoms with Gasteiger partial charge in [0.25, 0.3) is 0 Å². The number of ether oxygens (including phenoxy) is 1. The Balaban J connectivity index is 1.92. The van der Waals surface area contributed by atoms with E-state index in [0.29, 0.717) is 16.8 Å². The summed E-state index contributed by atoms with van der Waals surface area (Å²) in [6, 6.07) is 13.0. The molecule has 1 aliphatic rings. The average Bonchev–Trinajstić information content (AvgIpc) is 3.38. The first-order valence-electron chi connectivity index (χ1n) is 7.83. The molecule has 2 aromatic carbocycles. The molecule has 2 aromatic rings. The molecule has 3 rings (SSSR count). The van der Waals surface area contributed by atoms with Crippen molar-refractivity contribution in [1.29, 1.82) is 0 Å². The highest BCUT2D eigenvalue weighted by Gasteiger charge is 2.38. The number of halogens is 1. The molecule has 6 heteroatoms. The Hall–Kier alpha value is -1.37. The lowest BCUT2D eigenvalue weighted by Gasteiger charge is -2.22. The number of rotatable bonds is 6. The standard InChI is InChI=1S/C18H20BrNO3S/c1-13-3-5-14(6-4-13)12-20(15-7-8-15)24(21,22)16-9-10-18(23-2)17(19)11-16/h3-6,9-11,15H,7-8,12H2,1-2H3. The quantitative estimate of drug-likeness (QED) is 0.720. The molecule has 0 spiro atoms. The number of sulfonamides is 1. The Labute approximate surface area is 151 Å². The number of methoxy groups -OCH3 is 1. The monoisotopic (exact) mass is 409 g/mol. The van der Waals surface area contributed by atoms with E-state index < -0.39 is 10.0 Å². The molecule has 0 atom stereocenters. The van der Waals surface area contributed by atoms with E-state index in [2.05, 4.69) is 15.9 Å². The predicted octanol–water partition coefficient (Wildman–Crippen LogP) is 4.12. The van der Waals surface area contributed by atoms with Crippen LogP contribution < -0.4 is 4.74 Å². The molecule has 128 valence electrons. The fraction of sp³-hybridized carbons (Fsp3) is 0.333. The SMILES string of the molecule is COc1ccc(S(=O)(=O)N(Cc2ccc(C)cc2)C2CC2)cc1Br. The van der Waals surface area contributed by atoms with E-state index in [1.807, 2.05) is 31.2 Å². The molecule has 4 nitrogen and oxygen atoms in total. The fourth-order valence-electron chi connectivity index (χ4n) is 2.59. The third-order valence-corrected chi connectivity index (χ3v) is 6.66. The van der Waals surface area contributed by atoms with Gasteiger partial charge in [0.05, 0.1) is 16.5 Å². The van der Waals surface area contributed by atoms with Crippen LogP contribution in [0.4, 0.5) is 0 Å². The van der Waals surface area contributed by atoms with Crippen molar-refractivity contribution in [3.8, 4) is 5.75 Å². The minimum Gasteiger partial charge on any atom is -0.496 e. The predicted molar refractivity (Wildman–Crippen MR) is 97.6 cm³/mol. The van der Waals surface area contributed by atoms with E-state index in [9.17, 15) is 8.42 Å². The minimum absolute atomic E-state index is 0.0946. The highest BCUT2D eigenvalue weighted by Crippen LogP contribution is 2.35. The van der Waals surface area contributed by atoms with Crippen LogP contribution in [0.2, 0.25) is 0 Å². The molecule has 24 heavy (non-hydrogen) atoms. The summed E-state index contributed by atoms with van der Waals surface area (Å²) < 4.78 is 33.6. The largest absolute Gasteiger partial charge is 0.496 e. The van der Waals surface area contributed by atoms with Crippen LogP contribution in [0, 0.1) is 6.92 Å². The van der Waals surface area contributed by atoms with Gasteiger partial charge in [-0.05, 0) is 59.5 Å². The first-order chi connectivity index (χ1) is 11.4. The van der Waals surface area contributed by atoms with Crippen molar-refractivity contribution >= 4 is 26.0 Å². The molecule has 0 unspecified atom stereocenters. The van der Waals surface area contributed by atoms with Crippen molar-refractivity contribution in [2.45, 2.75) is 37.2 Å². The van der Waals surface area contributed by atoms with Crippen LogP contribution in [0.5, 0.6) is 5.75 Å². The third-order valence-electron chi connectivity index (χ3n) is 4.14. The van der Waals surface area contributed by atoms with E-state index in [0.717, 1.165) is 18.4 Å². The molecular formula is C18H20BrNO3S. The maximum atomic E-state index is 13.1. The van der Waals surface area contributed by atoms with Gasteiger partial charge in [-0.25, -0.2) is 8.42 Å². The second-order valence-electron chi connectivity index (χ2n) is 6.06. The van der Waals surface area contributed by atoms with Crippen LogP contribution in [0.1, 0.15) is 24.0 Å². The second kappa shape index (κ2) is 6.86. The van der Waals surface area contributed by atoms with Gasteiger partial charge in [-0.1, -0.05) is 29.8 Å². The van der Waals surface area contributed by atoms with Crippen molar-refractivity contribution < 1.29 is 13.2 Å². The van der Waals surface area contributed by atoms with Crippen LogP contribution in [0.3, 0.4) is 0 Å². The third kappa shape index (κ3) is 3.66. The number of nitrogens with zero attached hydrogens (tertiary/aromatic N) is 1. The first-order valence-corrected chi connectivity index (χ1v) is 10.1. The fourth-order valence-corrected chi connectivity index (χ4v) is 4.98. The Bertz CT molecular complexity index is 830. The molecule has 0 heterocycles. The molecule has 1 aliphatic carbocycles. The normalized spacial score (nSPS) is 14.8. The van der Waals surface area contributed by atoms with Gasteiger partial charge in [-0.3, -0.25) is 0 Å². The second-order valence-corrected chi connectivity index (χ2v) is 8.81. The summed E-state index contributed by atoms with van der Waals surface area (Å²) in [4.78, 5) is 0.286. The summed E-state index contributed by atoms with van der Waals surface area (Å²) in [6.07, 6.45) is 1.84. The van der Waals surface area contributed by atoms with Gasteiger partial charge in [-0.2, -0.15) is 4.31 Å². The van der Waals surface area contributed by atoms with Crippen molar-refractivity contribution in [2.75, 3.05) is 7.11 Å². The van der Waals surface area contributed by atoms with E-state index >= 15 is 0 Å². The smallest absolute Gasteiger partial charge is 0.243 e. The van der Waals surface area contributed by atoms with Crippen molar-refractivity contribution in [1.82, 2.24) is 4.31 Å². The molecule has 1 fully saturated rings. The summed E-state index contributed by atoms with van der Waals surface area (Å²) >= 11 is 3.37. The molecule has 0 amide bonds. The summed E-state index contributed by atoms with van der Waals surface area (Å²) in [7, 11) is -1.99. The molecule has 0 N–H and O–H groups in total. The Morgan fingerprint density at radius 3 is 2.38 bits per heavy atom. The molecule has 0 radical (unpaired) electrons. The first kappa shape index (κ1) is 17.5. The Kier molecular flexibility index (Phi) is 4.99. The van der Waals surface area contributed by atoms with Crippen LogP contribution >= 0.6 is 15.9 Å². The van der Waals surface area contributed by atoms with Crippen LogP contribution in [0.15, 0.2) is 51.8 Å². The zero-order chi connectivity index (χ0) is 17.3. The van der Waals surface area contributed by atoms with Crippen LogP contribution in [-0.2, 0) is 16.6 Å². The maximum Gasteiger partial charge on any atom is 0.243 e. The molecule has 1 saturated carbocycles. The number of benzene rings is 2. The lowest BCUT2D eigenvalue weighted by atomic mass is 10.1. The van der Waals surface area contributed by atoms with Gasteiger partial charge in [-0.15, -0.1) is 0 Å². The molecular weight excluding hydrogens is 390 g/mol. The van der Waals surface area contributed by atoms with Crippen molar-refractivity contribution in [2.24, 2.45) is 0 Å². The molecule has 0 saturated heterocycles. The highest BCUT2D eigenvalue weighted by atomic mass is 79.9. The van der Waals surface area contributed by atoms with E-state index in [4.69, 9.17) is 4.74 Å². The summed E-state index contributed by atoms with van der Waals surface area (Å²) in [5, 5.41) is 0. The topological polar surface area (TPSA) is 46.6 Å². The summed E-state index contributed by atoms with van der Waals surface area (Å²) in [5.74, 6) is 0.616. The van der Waals surface area contributed by atoms with Crippen LogP contribution in [0.25, 0.3) is 0 Å². The number of hydrogen-bond acceptors (Lipinski definition) is 3. The van der Waals surface area contributed by atoms with Gasteiger partial charge in [0.15, 0.2) is 0 Å². The summed E-state index contributed by atoms with van der Waals surface area (Å²) in [6.45, 7) is 2.42. The molecule has 0 aromatic heterocycles. The molecule has 0 aliphatic heterocycles. The minimum atomic E-state index is -3.55. The van der Waals surface area contributed by atoms with E-state index in [-0.39, 0.29) is 10.9 Å². The zero-order valence-electron chi connectivity index (χ0n) is 13.7. The maximum absolute atomic E-state index is 13.1. The van der Waals surface area contributed by atoms with Gasteiger partial charge < -0.3 is 4.74 Å². The summed E-state index contributed by atoms with van der Waals surface area (Å²) in [5.41, 5.74) is 2.17. The number of aryl methyl sites for hydroxylation is 1. The van der Waals surface area contributed by atoms with Gasteiger partial charge in [0, 0.05) is 12.6 Å². The average molecular weight is 410 g/mol. The Morgan fingerprint density at radius 2 is 1.83 bits per heavy atom. The molecule has 0 bridgehead atoms. The van der Waals surface area contributed by atoms with E-state index in [1.165, 1.54) is 5.56 Å². The van der Waals surface area contributed by atoms with Crippen molar-refractivity contribution in [3.05, 3.63) is 58.1 Å². The van der Waals surface area contributed by atoms with Gasteiger partial charge >= 0.3 is 0 Å². The van der Waals surface area contributed by atoms with Gasteiger partial charge in [0.2, 0.25) is 10.0 Å². The van der Waals surface area contributed by atoms with E-state index in [1.54, 1.807) is 29.6 Å².